The van der Waals surface area contributed by atoms with Crippen molar-refractivity contribution < 1.29 is 44.5 Å². The summed E-state index contributed by atoms with van der Waals surface area (Å²) >= 11 is 0. The first-order valence-corrected chi connectivity index (χ1v) is 11.3. The van der Waals surface area contributed by atoms with E-state index in [0.29, 0.717) is 13.0 Å². The van der Waals surface area contributed by atoms with Gasteiger partial charge in [-0.1, -0.05) is 0 Å². The van der Waals surface area contributed by atoms with E-state index in [9.17, 15) is 25.5 Å². The number of aliphatic hydroxyl groups is 5. The minimum Gasteiger partial charge on any atom is -0.394 e. The Morgan fingerprint density at radius 3 is 1.88 bits per heavy atom. The Hall–Kier alpha value is -0.560. The molecule has 14 atom stereocenters. The molecule has 14 heteroatoms. The van der Waals surface area contributed by atoms with E-state index < -0.39 is 92.2 Å². The number of hydrogen-bond donors (Lipinski definition) is 10. The van der Waals surface area contributed by atoms with Crippen LogP contribution in [-0.4, -0.2) is 124 Å². The lowest BCUT2D eigenvalue weighted by Gasteiger charge is -2.47. The molecule has 8 unspecified atom stereocenters. The summed E-state index contributed by atoms with van der Waals surface area (Å²) < 4.78 is 22.9. The zero-order chi connectivity index (χ0) is 24.4. The Morgan fingerprint density at radius 1 is 0.727 bits per heavy atom. The van der Waals surface area contributed by atoms with Crippen molar-refractivity contribution in [3.8, 4) is 0 Å². The highest BCUT2D eigenvalue weighted by molar-refractivity contribution is 5.01. The Morgan fingerprint density at radius 2 is 1.30 bits per heavy atom. The maximum Gasteiger partial charge on any atom is 0.186 e. The molecule has 14 nitrogen and oxygen atoms in total. The highest BCUT2D eigenvalue weighted by Gasteiger charge is 2.50. The summed E-state index contributed by atoms with van der Waals surface area (Å²) in [5, 5.41) is 51.0. The van der Waals surface area contributed by atoms with Gasteiger partial charge in [0.05, 0.1) is 30.9 Å². The number of aliphatic hydroxyl groups excluding tert-OH is 5. The first-order valence-electron chi connectivity index (χ1n) is 11.3. The van der Waals surface area contributed by atoms with Gasteiger partial charge < -0.3 is 73.1 Å². The molecule has 0 aromatic carbocycles. The molecule has 0 aromatic rings. The summed E-state index contributed by atoms with van der Waals surface area (Å²) in [5.41, 5.74) is 29.8. The fraction of sp³-hybridized carbons (Fsp3) is 1.00. The zero-order valence-corrected chi connectivity index (χ0v) is 18.4. The van der Waals surface area contributed by atoms with E-state index in [1.54, 1.807) is 0 Å². The van der Waals surface area contributed by atoms with Crippen molar-refractivity contribution in [2.45, 2.75) is 105 Å². The van der Waals surface area contributed by atoms with Gasteiger partial charge in [0.15, 0.2) is 12.6 Å². The summed E-state index contributed by atoms with van der Waals surface area (Å²) in [6, 6.07) is -3.24. The molecule has 0 aromatic heterocycles. The van der Waals surface area contributed by atoms with Gasteiger partial charge in [0.1, 0.15) is 36.6 Å². The minimum absolute atomic E-state index is 0.199. The first-order chi connectivity index (χ1) is 15.6. The maximum atomic E-state index is 11.0. The summed E-state index contributed by atoms with van der Waals surface area (Å²) in [6.45, 7) is -0.251. The van der Waals surface area contributed by atoms with E-state index in [2.05, 4.69) is 0 Å². The molecule has 3 fully saturated rings. The molecule has 194 valence electrons. The van der Waals surface area contributed by atoms with Crippen molar-refractivity contribution in [1.82, 2.24) is 0 Å². The molecule has 15 N–H and O–H groups in total. The van der Waals surface area contributed by atoms with E-state index in [1.165, 1.54) is 0 Å². The third-order valence-electron chi connectivity index (χ3n) is 6.63. The molecule has 0 spiro atoms. The van der Waals surface area contributed by atoms with Gasteiger partial charge in [-0.25, -0.2) is 0 Å². The van der Waals surface area contributed by atoms with Crippen molar-refractivity contribution >= 4 is 0 Å². The van der Waals surface area contributed by atoms with Crippen molar-refractivity contribution in [1.29, 1.82) is 0 Å². The quantitative estimate of drug-likeness (QED) is 0.162. The second-order valence-electron chi connectivity index (χ2n) is 9.13. The molecule has 2 heterocycles. The van der Waals surface area contributed by atoms with Crippen molar-refractivity contribution in [3.05, 3.63) is 0 Å². The molecular weight excluding hydrogens is 442 g/mol. The number of hydrogen-bond acceptors (Lipinski definition) is 14. The van der Waals surface area contributed by atoms with Crippen LogP contribution in [-0.2, 0) is 18.9 Å². The minimum atomic E-state index is -1.44. The maximum absolute atomic E-state index is 11.0. The molecular formula is C19H39N5O9. The summed E-state index contributed by atoms with van der Waals surface area (Å²) in [7, 11) is 0. The molecule has 2 aliphatic heterocycles. The Labute approximate surface area is 191 Å². The third kappa shape index (κ3) is 5.82. The smallest absolute Gasteiger partial charge is 0.186 e. The monoisotopic (exact) mass is 481 g/mol. The first kappa shape index (κ1) is 27.0. The van der Waals surface area contributed by atoms with E-state index in [4.69, 9.17) is 47.6 Å². The van der Waals surface area contributed by atoms with Gasteiger partial charge in [0.2, 0.25) is 0 Å². The summed E-state index contributed by atoms with van der Waals surface area (Å²) in [5.74, 6) is 0. The topological polar surface area (TPSA) is 268 Å². The number of nitrogens with two attached hydrogens (primary N) is 5. The normalized spacial score (nSPS) is 51.5. The highest BCUT2D eigenvalue weighted by atomic mass is 16.7. The van der Waals surface area contributed by atoms with Gasteiger partial charge in [-0.05, 0) is 25.8 Å². The molecule has 2 saturated heterocycles. The third-order valence-corrected chi connectivity index (χ3v) is 6.63. The van der Waals surface area contributed by atoms with Crippen LogP contribution in [0, 0.1) is 0 Å². The van der Waals surface area contributed by atoms with Crippen LogP contribution in [0.2, 0.25) is 0 Å². The van der Waals surface area contributed by atoms with E-state index in [-0.39, 0.29) is 12.8 Å². The van der Waals surface area contributed by atoms with Crippen molar-refractivity contribution in [3.63, 3.8) is 0 Å². The highest BCUT2D eigenvalue weighted by Crippen LogP contribution is 2.31. The Kier molecular flexibility index (Phi) is 9.38. The standard InChI is InChI=1S/C19H39N5O9/c20-2-1-10-9(26)4-8(23)18(30-10)32-16-6(21)3-7(22)17(15(16)29)33-19-14(28)12(24)13(27)11(5-25)31-19/h6-19,25-29H,1-5,20-24H2/t6?,7-,8?,9+,10?,11?,12?,13-,14?,15?,16-,17?,18-,19+/m1/s1. The number of rotatable bonds is 7. The van der Waals surface area contributed by atoms with Gasteiger partial charge in [0.25, 0.3) is 0 Å². The Balaban J connectivity index is 1.69. The van der Waals surface area contributed by atoms with E-state index >= 15 is 0 Å². The van der Waals surface area contributed by atoms with E-state index in [1.807, 2.05) is 0 Å². The lowest BCUT2D eigenvalue weighted by Crippen LogP contribution is -2.68. The van der Waals surface area contributed by atoms with Crippen LogP contribution >= 0.6 is 0 Å². The average molecular weight is 482 g/mol. The Bertz CT molecular complexity index is 622. The number of ether oxygens (including phenoxy) is 4. The van der Waals surface area contributed by atoms with Gasteiger partial charge in [0, 0.05) is 12.1 Å². The van der Waals surface area contributed by atoms with Gasteiger partial charge >= 0.3 is 0 Å². The second kappa shape index (κ2) is 11.5. The molecule has 1 saturated carbocycles. The lowest BCUT2D eigenvalue weighted by molar-refractivity contribution is -0.315. The molecule has 0 amide bonds. The molecule has 0 radical (unpaired) electrons. The molecule has 3 rings (SSSR count). The van der Waals surface area contributed by atoms with Crippen LogP contribution in [0.3, 0.4) is 0 Å². The average Bonchev–Trinajstić information content (AvgIpc) is 2.76. The SMILES string of the molecule is NCCC1O[C@H](O[C@@H]2C(N)C[C@@H](N)C(O[C@@H]3OC(CO)[C@@H](O)C(N)C3O)C2O)C(N)C[C@@H]1O. The fourth-order valence-electron chi connectivity index (χ4n) is 4.64. The molecule has 33 heavy (non-hydrogen) atoms. The van der Waals surface area contributed by atoms with Crippen LogP contribution in [0.1, 0.15) is 19.3 Å². The molecule has 0 bridgehead atoms. The van der Waals surface area contributed by atoms with Crippen molar-refractivity contribution in [2.75, 3.05) is 13.2 Å². The van der Waals surface area contributed by atoms with Crippen LogP contribution in [0.25, 0.3) is 0 Å². The second-order valence-corrected chi connectivity index (χ2v) is 9.13. The van der Waals surface area contributed by atoms with Crippen molar-refractivity contribution in [2.24, 2.45) is 28.7 Å². The van der Waals surface area contributed by atoms with Gasteiger partial charge in [-0.3, -0.25) is 0 Å². The predicted octanol–water partition coefficient (Wildman–Crippen LogP) is -5.91. The molecule has 1 aliphatic carbocycles. The van der Waals surface area contributed by atoms with Crippen LogP contribution in [0.5, 0.6) is 0 Å². The summed E-state index contributed by atoms with van der Waals surface area (Å²) in [6.07, 6.45) is -10.1. The van der Waals surface area contributed by atoms with Crippen LogP contribution in [0.4, 0.5) is 0 Å². The van der Waals surface area contributed by atoms with E-state index in [0.717, 1.165) is 0 Å². The van der Waals surface area contributed by atoms with Gasteiger partial charge in [-0.2, -0.15) is 0 Å². The van der Waals surface area contributed by atoms with Crippen LogP contribution < -0.4 is 28.7 Å². The largest absolute Gasteiger partial charge is 0.394 e. The van der Waals surface area contributed by atoms with Gasteiger partial charge in [-0.15, -0.1) is 0 Å². The fourth-order valence-corrected chi connectivity index (χ4v) is 4.64. The zero-order valence-electron chi connectivity index (χ0n) is 18.4. The summed E-state index contributed by atoms with van der Waals surface area (Å²) in [4.78, 5) is 0. The lowest BCUT2D eigenvalue weighted by atomic mass is 9.84. The predicted molar refractivity (Wildman–Crippen MR) is 113 cm³/mol. The van der Waals surface area contributed by atoms with Crippen LogP contribution in [0.15, 0.2) is 0 Å². The molecule has 3 aliphatic rings.